The minimum atomic E-state index is -0.778. The zero-order valence-corrected chi connectivity index (χ0v) is 12.8. The van der Waals surface area contributed by atoms with E-state index in [-0.39, 0.29) is 12.3 Å². The van der Waals surface area contributed by atoms with Gasteiger partial charge >= 0.3 is 11.8 Å². The number of hydrogen-bond acceptors (Lipinski definition) is 5. The van der Waals surface area contributed by atoms with Crippen LogP contribution in [0.25, 0.3) is 10.9 Å². The first kappa shape index (κ1) is 15.8. The Labute approximate surface area is 128 Å². The Kier molecular flexibility index (Phi) is 4.98. The molecule has 0 spiro atoms. The molecule has 1 heterocycles. The lowest BCUT2D eigenvalue weighted by molar-refractivity contribution is 0.154. The Morgan fingerprint density at radius 2 is 2.05 bits per heavy atom. The molecule has 0 aliphatic rings. The van der Waals surface area contributed by atoms with E-state index in [1.807, 2.05) is 43.3 Å². The molecular weight excluding hydrogens is 284 g/mol. The number of anilines is 1. The molecule has 0 atom stereocenters. The standard InChI is InChI=1S/C15H20N4O3/c1-18(2)13-11-7-3-4-8-12(11)19(15(21)17-13)9-5-6-10-22-14(16)20/h3-4,7-8H,5-6,9-10H2,1-2H3,(H2,16,20). The van der Waals surface area contributed by atoms with Crippen molar-refractivity contribution >= 4 is 22.8 Å². The Morgan fingerprint density at radius 1 is 1.32 bits per heavy atom. The highest BCUT2D eigenvalue weighted by molar-refractivity contribution is 5.89. The largest absolute Gasteiger partial charge is 0.450 e. The second-order valence-corrected chi connectivity index (χ2v) is 5.16. The van der Waals surface area contributed by atoms with Gasteiger partial charge in [0, 0.05) is 26.0 Å². The van der Waals surface area contributed by atoms with Crippen molar-refractivity contribution in [3.63, 3.8) is 0 Å². The molecule has 2 rings (SSSR count). The van der Waals surface area contributed by atoms with Crippen molar-refractivity contribution in [2.24, 2.45) is 5.73 Å². The molecule has 2 aromatic rings. The van der Waals surface area contributed by atoms with Gasteiger partial charge in [-0.25, -0.2) is 9.59 Å². The van der Waals surface area contributed by atoms with Crippen LogP contribution in [0.5, 0.6) is 0 Å². The van der Waals surface area contributed by atoms with Gasteiger partial charge in [0.25, 0.3) is 0 Å². The van der Waals surface area contributed by atoms with Crippen LogP contribution < -0.4 is 16.3 Å². The van der Waals surface area contributed by atoms with Gasteiger partial charge in [-0.3, -0.25) is 4.57 Å². The first-order valence-corrected chi connectivity index (χ1v) is 7.10. The molecule has 0 saturated carbocycles. The summed E-state index contributed by atoms with van der Waals surface area (Å²) in [4.78, 5) is 28.7. The van der Waals surface area contributed by atoms with E-state index < -0.39 is 6.09 Å². The van der Waals surface area contributed by atoms with E-state index in [4.69, 9.17) is 5.73 Å². The number of carbonyl (C=O) groups is 1. The van der Waals surface area contributed by atoms with E-state index in [1.54, 1.807) is 4.57 Å². The quantitative estimate of drug-likeness (QED) is 0.813. The first-order valence-electron chi connectivity index (χ1n) is 7.10. The molecule has 1 amide bonds. The van der Waals surface area contributed by atoms with E-state index in [0.717, 1.165) is 10.9 Å². The van der Waals surface area contributed by atoms with Crippen LogP contribution >= 0.6 is 0 Å². The van der Waals surface area contributed by atoms with Crippen LogP contribution in [0.2, 0.25) is 0 Å². The molecule has 7 heteroatoms. The van der Waals surface area contributed by atoms with Crippen LogP contribution in [0.3, 0.4) is 0 Å². The molecule has 0 fully saturated rings. The molecule has 7 nitrogen and oxygen atoms in total. The lowest BCUT2D eigenvalue weighted by atomic mass is 10.2. The zero-order valence-electron chi connectivity index (χ0n) is 12.8. The number of rotatable bonds is 6. The normalized spacial score (nSPS) is 10.6. The number of hydrogen-bond donors (Lipinski definition) is 1. The van der Waals surface area contributed by atoms with Gasteiger partial charge in [-0.05, 0) is 25.0 Å². The number of benzene rings is 1. The maximum Gasteiger partial charge on any atom is 0.404 e. The SMILES string of the molecule is CN(C)c1nc(=O)n(CCCCOC(N)=O)c2ccccc12. The Bertz CT molecular complexity index is 724. The summed E-state index contributed by atoms with van der Waals surface area (Å²) in [7, 11) is 3.72. The molecule has 1 aromatic heterocycles. The van der Waals surface area contributed by atoms with Gasteiger partial charge in [0.15, 0.2) is 0 Å². The second-order valence-electron chi connectivity index (χ2n) is 5.16. The fourth-order valence-corrected chi connectivity index (χ4v) is 2.31. The van der Waals surface area contributed by atoms with Crippen molar-refractivity contribution in [2.75, 3.05) is 25.6 Å². The lowest BCUT2D eigenvalue weighted by Gasteiger charge is -2.16. The highest BCUT2D eigenvalue weighted by Crippen LogP contribution is 2.21. The number of unbranched alkanes of at least 4 members (excludes halogenated alkanes) is 1. The molecule has 22 heavy (non-hydrogen) atoms. The number of nitrogens with two attached hydrogens (primary N) is 1. The predicted octanol–water partition coefficient (Wildman–Crippen LogP) is 1.34. The lowest BCUT2D eigenvalue weighted by Crippen LogP contribution is -2.27. The third-order valence-electron chi connectivity index (χ3n) is 3.31. The average molecular weight is 304 g/mol. The molecule has 0 bridgehead atoms. The van der Waals surface area contributed by atoms with Gasteiger partial charge < -0.3 is 15.4 Å². The molecule has 0 unspecified atom stereocenters. The third kappa shape index (κ3) is 3.55. The summed E-state index contributed by atoms with van der Waals surface area (Å²) in [5, 5.41) is 0.931. The summed E-state index contributed by atoms with van der Waals surface area (Å²) < 4.78 is 6.32. The first-order chi connectivity index (χ1) is 10.5. The van der Waals surface area contributed by atoms with E-state index in [1.165, 1.54) is 0 Å². The maximum atomic E-state index is 12.3. The van der Waals surface area contributed by atoms with Crippen LogP contribution in [0.1, 0.15) is 12.8 Å². The molecule has 2 N–H and O–H groups in total. The molecule has 118 valence electrons. The number of para-hydroxylation sites is 1. The minimum absolute atomic E-state index is 0.255. The third-order valence-corrected chi connectivity index (χ3v) is 3.31. The Hall–Kier alpha value is -2.57. The van der Waals surface area contributed by atoms with Gasteiger partial charge in [-0.1, -0.05) is 12.1 Å². The van der Waals surface area contributed by atoms with Crippen molar-refractivity contribution in [1.82, 2.24) is 9.55 Å². The summed E-state index contributed by atoms with van der Waals surface area (Å²) >= 11 is 0. The fraction of sp³-hybridized carbons (Fsp3) is 0.400. The highest BCUT2D eigenvalue weighted by atomic mass is 16.5. The van der Waals surface area contributed by atoms with Gasteiger partial charge in [-0.2, -0.15) is 4.98 Å². The Balaban J connectivity index is 2.23. The summed E-state index contributed by atoms with van der Waals surface area (Å²) in [6.45, 7) is 0.771. The number of aromatic nitrogens is 2. The van der Waals surface area contributed by atoms with Gasteiger partial charge in [0.05, 0.1) is 12.1 Å². The van der Waals surface area contributed by atoms with Crippen molar-refractivity contribution in [3.05, 3.63) is 34.7 Å². The highest BCUT2D eigenvalue weighted by Gasteiger charge is 2.11. The van der Waals surface area contributed by atoms with Crippen LogP contribution in [-0.4, -0.2) is 36.3 Å². The van der Waals surface area contributed by atoms with E-state index >= 15 is 0 Å². The monoisotopic (exact) mass is 304 g/mol. The van der Waals surface area contributed by atoms with E-state index in [0.29, 0.717) is 25.2 Å². The average Bonchev–Trinajstić information content (AvgIpc) is 2.47. The molecule has 0 radical (unpaired) electrons. The number of carbonyl (C=O) groups excluding carboxylic acids is 1. The number of fused-ring (bicyclic) bond motifs is 1. The fourth-order valence-electron chi connectivity index (χ4n) is 2.31. The number of primary amides is 1. The number of aryl methyl sites for hydroxylation is 1. The summed E-state index contributed by atoms with van der Waals surface area (Å²) in [6, 6.07) is 7.68. The summed E-state index contributed by atoms with van der Waals surface area (Å²) in [5.74, 6) is 0.661. The van der Waals surface area contributed by atoms with Crippen molar-refractivity contribution in [2.45, 2.75) is 19.4 Å². The van der Waals surface area contributed by atoms with Crippen LogP contribution in [0, 0.1) is 0 Å². The van der Waals surface area contributed by atoms with Crippen LogP contribution in [0.4, 0.5) is 10.6 Å². The molecule has 0 aliphatic carbocycles. The van der Waals surface area contributed by atoms with Crippen LogP contribution in [0.15, 0.2) is 29.1 Å². The van der Waals surface area contributed by atoms with Crippen molar-refractivity contribution in [3.8, 4) is 0 Å². The molecule has 0 saturated heterocycles. The van der Waals surface area contributed by atoms with E-state index in [9.17, 15) is 9.59 Å². The van der Waals surface area contributed by atoms with Crippen molar-refractivity contribution < 1.29 is 9.53 Å². The van der Waals surface area contributed by atoms with Gasteiger partial charge in [0.2, 0.25) is 0 Å². The van der Waals surface area contributed by atoms with E-state index in [2.05, 4.69) is 9.72 Å². The Morgan fingerprint density at radius 3 is 2.73 bits per heavy atom. The number of amides is 1. The summed E-state index contributed by atoms with van der Waals surface area (Å²) in [6.07, 6.45) is 0.555. The molecular formula is C15H20N4O3. The van der Waals surface area contributed by atoms with Gasteiger partial charge in [-0.15, -0.1) is 0 Å². The molecule has 0 aliphatic heterocycles. The predicted molar refractivity (Wildman–Crippen MR) is 85.1 cm³/mol. The molecule has 1 aromatic carbocycles. The van der Waals surface area contributed by atoms with Gasteiger partial charge in [0.1, 0.15) is 5.82 Å². The number of nitrogens with zero attached hydrogens (tertiary/aromatic N) is 3. The maximum absolute atomic E-state index is 12.3. The van der Waals surface area contributed by atoms with Crippen molar-refractivity contribution in [1.29, 1.82) is 0 Å². The number of ether oxygens (including phenoxy) is 1. The summed E-state index contributed by atoms with van der Waals surface area (Å²) in [5.41, 5.74) is 5.47. The second kappa shape index (κ2) is 6.93. The zero-order chi connectivity index (χ0) is 16.1. The smallest absolute Gasteiger partial charge is 0.404 e. The van der Waals surface area contributed by atoms with Crippen LogP contribution in [-0.2, 0) is 11.3 Å². The minimum Gasteiger partial charge on any atom is -0.450 e. The topological polar surface area (TPSA) is 90.4 Å².